The average Bonchev–Trinajstić information content (AvgIpc) is 3.54. The van der Waals surface area contributed by atoms with E-state index in [2.05, 4.69) is 34.6 Å². The molecule has 2 aromatic carbocycles. The van der Waals surface area contributed by atoms with E-state index in [-0.39, 0.29) is 42.6 Å². The summed E-state index contributed by atoms with van der Waals surface area (Å²) in [7, 11) is 0. The fourth-order valence-corrected chi connectivity index (χ4v) is 3.83. The van der Waals surface area contributed by atoms with Crippen LogP contribution in [0.15, 0.2) is 48.5 Å². The molecule has 1 aromatic heterocycles. The largest absolute Gasteiger partial charge is 0.376 e. The minimum absolute atomic E-state index is 0.0117. The molecular weight excluding hydrogens is 451 g/mol. The number of hydrogen-bond acceptors (Lipinski definition) is 6. The van der Waals surface area contributed by atoms with Crippen molar-refractivity contribution < 1.29 is 18.7 Å². The van der Waals surface area contributed by atoms with E-state index < -0.39 is 0 Å². The number of carbonyl (C=O) groups excluding carboxylic acids is 2. The molecule has 1 aliphatic heterocycles. The van der Waals surface area contributed by atoms with Gasteiger partial charge in [0.25, 0.3) is 5.91 Å². The van der Waals surface area contributed by atoms with Crippen LogP contribution in [0.2, 0.25) is 0 Å². The van der Waals surface area contributed by atoms with E-state index in [0.717, 1.165) is 18.4 Å². The SMILES string of the molecule is CC(C)c1ccc(N(CC(=O)NCC2CCCO2)C(=O)Cn2nnc(-c3ccc(F)cc3)n2)cc1. The van der Waals surface area contributed by atoms with E-state index in [1.54, 1.807) is 12.1 Å². The Kier molecular flexibility index (Phi) is 7.81. The standard InChI is InChI=1S/C25H29FN6O3/c1-17(2)18-7-11-21(12-8-18)31(15-23(33)27-14-22-4-3-13-35-22)24(34)16-32-29-25(28-30-32)19-5-9-20(26)10-6-19/h5-12,17,22H,3-4,13-16H2,1-2H3,(H,27,33). The number of tetrazole rings is 1. The monoisotopic (exact) mass is 480 g/mol. The maximum Gasteiger partial charge on any atom is 0.251 e. The van der Waals surface area contributed by atoms with Gasteiger partial charge in [-0.3, -0.25) is 9.59 Å². The van der Waals surface area contributed by atoms with Crippen molar-refractivity contribution in [3.8, 4) is 11.4 Å². The van der Waals surface area contributed by atoms with Crippen LogP contribution in [0.3, 0.4) is 0 Å². The smallest absolute Gasteiger partial charge is 0.251 e. The van der Waals surface area contributed by atoms with E-state index in [9.17, 15) is 14.0 Å². The molecule has 1 unspecified atom stereocenters. The number of carbonyl (C=O) groups is 2. The topological polar surface area (TPSA) is 102 Å². The summed E-state index contributed by atoms with van der Waals surface area (Å²) in [5.74, 6) is -0.391. The summed E-state index contributed by atoms with van der Waals surface area (Å²) < 4.78 is 18.8. The zero-order valence-corrected chi connectivity index (χ0v) is 19.9. The first kappa shape index (κ1) is 24.5. The Balaban J connectivity index is 1.47. The summed E-state index contributed by atoms with van der Waals surface area (Å²) in [6.07, 6.45) is 1.91. The highest BCUT2D eigenvalue weighted by Crippen LogP contribution is 2.21. The second-order valence-corrected chi connectivity index (χ2v) is 8.82. The number of ether oxygens (including phenoxy) is 1. The van der Waals surface area contributed by atoms with Gasteiger partial charge < -0.3 is 15.0 Å². The Morgan fingerprint density at radius 3 is 2.57 bits per heavy atom. The van der Waals surface area contributed by atoms with Gasteiger partial charge in [-0.15, -0.1) is 10.2 Å². The van der Waals surface area contributed by atoms with E-state index >= 15 is 0 Å². The minimum atomic E-state index is -0.367. The van der Waals surface area contributed by atoms with Crippen LogP contribution in [0.4, 0.5) is 10.1 Å². The second-order valence-electron chi connectivity index (χ2n) is 8.82. The summed E-state index contributed by atoms with van der Waals surface area (Å²) in [5, 5.41) is 15.0. The molecule has 2 amide bonds. The molecule has 0 spiro atoms. The second kappa shape index (κ2) is 11.2. The number of aromatic nitrogens is 4. The van der Waals surface area contributed by atoms with Gasteiger partial charge in [0.2, 0.25) is 11.7 Å². The van der Waals surface area contributed by atoms with Gasteiger partial charge in [0.15, 0.2) is 0 Å². The molecule has 3 aromatic rings. The van der Waals surface area contributed by atoms with Crippen LogP contribution in [-0.4, -0.2) is 57.8 Å². The zero-order valence-electron chi connectivity index (χ0n) is 19.9. The van der Waals surface area contributed by atoms with Crippen molar-refractivity contribution in [3.63, 3.8) is 0 Å². The third-order valence-corrected chi connectivity index (χ3v) is 5.86. The lowest BCUT2D eigenvalue weighted by Crippen LogP contribution is -2.44. The lowest BCUT2D eigenvalue weighted by molar-refractivity contribution is -0.124. The van der Waals surface area contributed by atoms with Crippen molar-refractivity contribution in [3.05, 3.63) is 59.9 Å². The normalized spacial score (nSPS) is 15.4. The Morgan fingerprint density at radius 1 is 1.17 bits per heavy atom. The van der Waals surface area contributed by atoms with E-state index in [4.69, 9.17) is 4.74 Å². The van der Waals surface area contributed by atoms with Gasteiger partial charge in [-0.05, 0) is 65.9 Å². The minimum Gasteiger partial charge on any atom is -0.376 e. The van der Waals surface area contributed by atoms with Crippen molar-refractivity contribution in [2.75, 3.05) is 24.6 Å². The predicted octanol–water partition coefficient (Wildman–Crippen LogP) is 2.93. The lowest BCUT2D eigenvalue weighted by Gasteiger charge is -2.23. The molecule has 1 saturated heterocycles. The number of rotatable bonds is 9. The van der Waals surface area contributed by atoms with Gasteiger partial charge in [0.1, 0.15) is 18.9 Å². The molecule has 1 N–H and O–H groups in total. The van der Waals surface area contributed by atoms with Crippen molar-refractivity contribution in [1.82, 2.24) is 25.5 Å². The molecule has 2 heterocycles. The zero-order chi connectivity index (χ0) is 24.8. The van der Waals surface area contributed by atoms with Crippen LogP contribution in [0.1, 0.15) is 38.2 Å². The molecule has 35 heavy (non-hydrogen) atoms. The van der Waals surface area contributed by atoms with Gasteiger partial charge in [-0.1, -0.05) is 26.0 Å². The molecule has 1 atom stereocenters. The maximum atomic E-state index is 13.3. The Labute approximate surface area is 203 Å². The highest BCUT2D eigenvalue weighted by atomic mass is 19.1. The summed E-state index contributed by atoms with van der Waals surface area (Å²) in [6.45, 7) is 4.94. The van der Waals surface area contributed by atoms with Crippen molar-refractivity contribution in [1.29, 1.82) is 0 Å². The van der Waals surface area contributed by atoms with Gasteiger partial charge in [-0.2, -0.15) is 4.80 Å². The summed E-state index contributed by atoms with van der Waals surface area (Å²) in [4.78, 5) is 28.5. The number of nitrogens with zero attached hydrogens (tertiary/aromatic N) is 5. The van der Waals surface area contributed by atoms with Gasteiger partial charge in [0.05, 0.1) is 6.10 Å². The van der Waals surface area contributed by atoms with Gasteiger partial charge in [0, 0.05) is 24.4 Å². The van der Waals surface area contributed by atoms with Crippen molar-refractivity contribution >= 4 is 17.5 Å². The van der Waals surface area contributed by atoms with Gasteiger partial charge >= 0.3 is 0 Å². The summed E-state index contributed by atoms with van der Waals surface area (Å²) in [5.41, 5.74) is 2.32. The van der Waals surface area contributed by atoms with E-state index in [1.165, 1.54) is 21.8 Å². The number of nitrogens with one attached hydrogen (secondary N) is 1. The van der Waals surface area contributed by atoms with Crippen molar-refractivity contribution in [2.45, 2.75) is 45.3 Å². The van der Waals surface area contributed by atoms with Crippen molar-refractivity contribution in [2.24, 2.45) is 0 Å². The maximum absolute atomic E-state index is 13.3. The van der Waals surface area contributed by atoms with Crippen LogP contribution in [-0.2, 0) is 20.9 Å². The average molecular weight is 481 g/mol. The van der Waals surface area contributed by atoms with Crippen LogP contribution >= 0.6 is 0 Å². The number of anilines is 1. The quantitative estimate of drug-likeness (QED) is 0.505. The summed E-state index contributed by atoms with van der Waals surface area (Å²) in [6, 6.07) is 13.3. The Hall–Kier alpha value is -3.66. The molecule has 9 nitrogen and oxygen atoms in total. The molecule has 0 radical (unpaired) electrons. The molecule has 1 aliphatic rings. The number of benzene rings is 2. The number of halogens is 1. The molecule has 184 valence electrons. The molecule has 0 aliphatic carbocycles. The third-order valence-electron chi connectivity index (χ3n) is 5.86. The third kappa shape index (κ3) is 6.48. The van der Waals surface area contributed by atoms with Crippen LogP contribution in [0, 0.1) is 5.82 Å². The van der Waals surface area contributed by atoms with Crippen LogP contribution in [0.5, 0.6) is 0 Å². The molecule has 1 fully saturated rings. The fraction of sp³-hybridized carbons (Fsp3) is 0.400. The first-order chi connectivity index (χ1) is 16.9. The van der Waals surface area contributed by atoms with Crippen LogP contribution < -0.4 is 10.2 Å². The van der Waals surface area contributed by atoms with E-state index in [1.807, 2.05) is 24.3 Å². The number of hydrogen-bond donors (Lipinski definition) is 1. The van der Waals surface area contributed by atoms with Crippen LogP contribution in [0.25, 0.3) is 11.4 Å². The fourth-order valence-electron chi connectivity index (χ4n) is 3.83. The molecule has 4 rings (SSSR count). The summed E-state index contributed by atoms with van der Waals surface area (Å²) >= 11 is 0. The molecule has 0 saturated carbocycles. The molecule has 10 heteroatoms. The lowest BCUT2D eigenvalue weighted by atomic mass is 10.0. The first-order valence-electron chi connectivity index (χ1n) is 11.7. The van der Waals surface area contributed by atoms with E-state index in [0.29, 0.717) is 30.3 Å². The van der Waals surface area contributed by atoms with Gasteiger partial charge in [-0.25, -0.2) is 4.39 Å². The first-order valence-corrected chi connectivity index (χ1v) is 11.7. The molecule has 0 bridgehead atoms. The highest BCUT2D eigenvalue weighted by molar-refractivity contribution is 5.98. The highest BCUT2D eigenvalue weighted by Gasteiger charge is 2.23. The Bertz CT molecular complexity index is 1140. The Morgan fingerprint density at radius 2 is 1.91 bits per heavy atom. The molecular formula is C25H29FN6O3. The predicted molar refractivity (Wildman–Crippen MR) is 128 cm³/mol. The number of amides is 2.